The van der Waals surface area contributed by atoms with Crippen LogP contribution in [0, 0.1) is 0 Å². The number of sulfonamides is 1. The molecule has 0 atom stereocenters. The number of hydrogen-bond donors (Lipinski definition) is 2. The van der Waals surface area contributed by atoms with E-state index < -0.39 is 10.0 Å². The molecule has 2 aromatic rings. The van der Waals surface area contributed by atoms with Crippen LogP contribution in [0.1, 0.15) is 23.1 Å². The third-order valence-electron chi connectivity index (χ3n) is 3.11. The van der Waals surface area contributed by atoms with Crippen molar-refractivity contribution < 1.29 is 8.42 Å². The Bertz CT molecular complexity index is 704. The molecule has 0 aliphatic rings. The quantitative estimate of drug-likeness (QED) is 0.802. The minimum absolute atomic E-state index is 0.258. The van der Waals surface area contributed by atoms with Crippen LogP contribution < -0.4 is 10.0 Å². The highest BCUT2D eigenvalue weighted by Crippen LogP contribution is 2.22. The molecule has 0 aliphatic carbocycles. The van der Waals surface area contributed by atoms with Crippen molar-refractivity contribution in [2.24, 2.45) is 7.05 Å². The second-order valence-electron chi connectivity index (χ2n) is 4.69. The first-order chi connectivity index (χ1) is 9.97. The van der Waals surface area contributed by atoms with Crippen molar-refractivity contribution in [3.05, 3.63) is 33.8 Å². The Hall–Kier alpha value is -1.22. The molecule has 0 aromatic carbocycles. The highest BCUT2D eigenvalue weighted by Gasteiger charge is 2.20. The molecule has 2 heterocycles. The molecule has 2 aromatic heterocycles. The van der Waals surface area contributed by atoms with Gasteiger partial charge in [-0.15, -0.1) is 11.3 Å². The Kier molecular flexibility index (Phi) is 5.15. The van der Waals surface area contributed by atoms with Crippen LogP contribution in [0.4, 0.5) is 0 Å². The number of nitrogens with one attached hydrogen (secondary N) is 2. The van der Waals surface area contributed by atoms with Crippen molar-refractivity contribution in [2.75, 3.05) is 7.05 Å². The molecule has 0 radical (unpaired) electrons. The molecule has 0 amide bonds. The molecular weight excluding hydrogens is 308 g/mol. The lowest BCUT2D eigenvalue weighted by Gasteiger charge is -2.07. The zero-order valence-electron chi connectivity index (χ0n) is 12.4. The van der Waals surface area contributed by atoms with Crippen molar-refractivity contribution in [3.8, 4) is 0 Å². The van der Waals surface area contributed by atoms with Crippen molar-refractivity contribution in [1.82, 2.24) is 19.8 Å². The SMILES string of the molecule is CCc1nn(C)cc1CNS(=O)(=O)c1ccsc1CNC. The molecule has 0 bridgehead atoms. The van der Waals surface area contributed by atoms with E-state index in [1.807, 2.05) is 20.2 Å². The van der Waals surface area contributed by atoms with Gasteiger partial charge in [0.25, 0.3) is 0 Å². The first-order valence-corrected chi connectivity index (χ1v) is 9.06. The fourth-order valence-electron chi connectivity index (χ4n) is 2.14. The summed E-state index contributed by atoms with van der Waals surface area (Å²) in [4.78, 5) is 1.16. The Morgan fingerprint density at radius 1 is 1.38 bits per heavy atom. The molecule has 2 rings (SSSR count). The molecule has 0 fully saturated rings. The van der Waals surface area contributed by atoms with E-state index in [0.29, 0.717) is 11.4 Å². The van der Waals surface area contributed by atoms with Crippen LogP contribution in [0.3, 0.4) is 0 Å². The van der Waals surface area contributed by atoms with Crippen molar-refractivity contribution in [2.45, 2.75) is 31.3 Å². The lowest BCUT2D eigenvalue weighted by atomic mass is 10.2. The largest absolute Gasteiger partial charge is 0.315 e. The minimum Gasteiger partial charge on any atom is -0.315 e. The number of aromatic nitrogens is 2. The van der Waals surface area contributed by atoms with E-state index in [4.69, 9.17) is 0 Å². The summed E-state index contributed by atoms with van der Waals surface area (Å²) in [6.07, 6.45) is 2.63. The lowest BCUT2D eigenvalue weighted by molar-refractivity contribution is 0.580. The monoisotopic (exact) mass is 328 g/mol. The molecule has 6 nitrogen and oxygen atoms in total. The number of hydrogen-bond acceptors (Lipinski definition) is 5. The summed E-state index contributed by atoms with van der Waals surface area (Å²) in [7, 11) is 0.132. The van der Waals surface area contributed by atoms with Gasteiger partial charge in [0, 0.05) is 36.8 Å². The second-order valence-corrected chi connectivity index (χ2v) is 7.43. The van der Waals surface area contributed by atoms with Gasteiger partial charge in [0.15, 0.2) is 0 Å². The molecule has 21 heavy (non-hydrogen) atoms. The van der Waals surface area contributed by atoms with Gasteiger partial charge in [-0.1, -0.05) is 6.92 Å². The molecule has 2 N–H and O–H groups in total. The molecule has 0 saturated heterocycles. The number of thiophene rings is 1. The van der Waals surface area contributed by atoms with Crippen molar-refractivity contribution in [3.63, 3.8) is 0 Å². The Morgan fingerprint density at radius 3 is 2.81 bits per heavy atom. The Balaban J connectivity index is 2.16. The maximum atomic E-state index is 12.4. The molecule has 8 heteroatoms. The highest BCUT2D eigenvalue weighted by atomic mass is 32.2. The summed E-state index contributed by atoms with van der Waals surface area (Å²) < 4.78 is 29.2. The van der Waals surface area contributed by atoms with E-state index in [9.17, 15) is 8.42 Å². The highest BCUT2D eigenvalue weighted by molar-refractivity contribution is 7.89. The smallest absolute Gasteiger partial charge is 0.242 e. The predicted molar refractivity (Wildman–Crippen MR) is 83.7 cm³/mol. The minimum atomic E-state index is -3.50. The molecule has 0 spiro atoms. The Morgan fingerprint density at radius 2 is 2.14 bits per heavy atom. The number of aryl methyl sites for hydroxylation is 2. The maximum absolute atomic E-state index is 12.4. The normalized spacial score (nSPS) is 12.0. The van der Waals surface area contributed by atoms with E-state index in [1.165, 1.54) is 11.3 Å². The van der Waals surface area contributed by atoms with Gasteiger partial charge < -0.3 is 5.32 Å². The van der Waals surface area contributed by atoms with Crippen LogP contribution in [0.15, 0.2) is 22.5 Å². The standard InChI is InChI=1S/C13H20N4O2S2/c1-4-11-10(9-17(3)16-11)7-15-21(18,19)13-5-6-20-12(13)8-14-2/h5-6,9,14-15H,4,7-8H2,1-3H3. The summed E-state index contributed by atoms with van der Waals surface area (Å²) in [5.41, 5.74) is 1.83. The third-order valence-corrected chi connectivity index (χ3v) is 5.65. The zero-order chi connectivity index (χ0) is 15.5. The zero-order valence-corrected chi connectivity index (χ0v) is 14.0. The molecule has 0 aliphatic heterocycles. The average molecular weight is 328 g/mol. The summed E-state index contributed by atoms with van der Waals surface area (Å²) in [6.45, 7) is 2.80. The lowest BCUT2D eigenvalue weighted by Crippen LogP contribution is -2.24. The summed E-state index contributed by atoms with van der Waals surface area (Å²) in [6, 6.07) is 1.64. The summed E-state index contributed by atoms with van der Waals surface area (Å²) in [5, 5.41) is 9.09. The van der Waals surface area contributed by atoms with Gasteiger partial charge in [-0.25, -0.2) is 13.1 Å². The van der Waals surface area contributed by atoms with Crippen LogP contribution in [0.5, 0.6) is 0 Å². The van der Waals surface area contributed by atoms with Gasteiger partial charge in [-0.3, -0.25) is 4.68 Å². The fraction of sp³-hybridized carbons (Fsp3) is 0.462. The van der Waals surface area contributed by atoms with Crippen LogP contribution >= 0.6 is 11.3 Å². The first-order valence-electron chi connectivity index (χ1n) is 6.70. The maximum Gasteiger partial charge on any atom is 0.242 e. The van der Waals surface area contributed by atoms with E-state index in [2.05, 4.69) is 15.1 Å². The number of nitrogens with zero attached hydrogens (tertiary/aromatic N) is 2. The van der Waals surface area contributed by atoms with E-state index >= 15 is 0 Å². The van der Waals surface area contributed by atoms with Crippen molar-refractivity contribution in [1.29, 1.82) is 0 Å². The topological polar surface area (TPSA) is 76.0 Å². The van der Waals surface area contributed by atoms with Gasteiger partial charge >= 0.3 is 0 Å². The van der Waals surface area contributed by atoms with Gasteiger partial charge in [0.05, 0.1) is 10.6 Å². The third kappa shape index (κ3) is 3.70. The van der Waals surface area contributed by atoms with Crippen LogP contribution in [0.25, 0.3) is 0 Å². The van der Waals surface area contributed by atoms with Crippen LogP contribution in [-0.4, -0.2) is 25.2 Å². The van der Waals surface area contributed by atoms with E-state index in [1.54, 1.807) is 23.2 Å². The van der Waals surface area contributed by atoms with Crippen LogP contribution in [-0.2, 0) is 36.6 Å². The molecular formula is C13H20N4O2S2. The van der Waals surface area contributed by atoms with Gasteiger partial charge in [0.2, 0.25) is 10.0 Å². The molecule has 116 valence electrons. The van der Waals surface area contributed by atoms with Crippen molar-refractivity contribution >= 4 is 21.4 Å². The summed E-state index contributed by atoms with van der Waals surface area (Å²) in [5.74, 6) is 0. The first kappa shape index (κ1) is 16.2. The van der Waals surface area contributed by atoms with E-state index in [-0.39, 0.29) is 6.54 Å². The van der Waals surface area contributed by atoms with Gasteiger partial charge in [-0.2, -0.15) is 5.10 Å². The van der Waals surface area contributed by atoms with Gasteiger partial charge in [-0.05, 0) is 24.9 Å². The number of rotatable bonds is 7. The predicted octanol–water partition coefficient (Wildman–Crippen LogP) is 1.24. The average Bonchev–Trinajstić information content (AvgIpc) is 3.03. The Labute approximate surface area is 129 Å². The molecule has 0 saturated carbocycles. The summed E-state index contributed by atoms with van der Waals surface area (Å²) >= 11 is 1.44. The van der Waals surface area contributed by atoms with Crippen LogP contribution in [0.2, 0.25) is 0 Å². The molecule has 0 unspecified atom stereocenters. The van der Waals surface area contributed by atoms with Gasteiger partial charge in [0.1, 0.15) is 0 Å². The second kappa shape index (κ2) is 6.69. The fourth-order valence-corrected chi connectivity index (χ4v) is 4.60. The van der Waals surface area contributed by atoms with E-state index in [0.717, 1.165) is 22.6 Å².